The molecule has 1 unspecified atom stereocenters. The monoisotopic (exact) mass is 257 g/mol. The van der Waals surface area contributed by atoms with Crippen LogP contribution in [0.2, 0.25) is 0 Å². The van der Waals surface area contributed by atoms with E-state index >= 15 is 0 Å². The van der Waals surface area contributed by atoms with Crippen LogP contribution in [0.15, 0.2) is 24.3 Å². The van der Waals surface area contributed by atoms with Gasteiger partial charge in [-0.1, -0.05) is 12.5 Å². The minimum absolute atomic E-state index is 0.0103. The number of benzene rings is 1. The molecule has 1 heterocycles. The van der Waals surface area contributed by atoms with Crippen molar-refractivity contribution in [3.63, 3.8) is 0 Å². The molecule has 1 atom stereocenters. The van der Waals surface area contributed by atoms with Gasteiger partial charge in [-0.3, -0.25) is 9.69 Å². The average molecular weight is 257 g/mol. The molecule has 19 heavy (non-hydrogen) atoms. The number of carbonyl (C=O) groups excluding carboxylic acids is 1. The van der Waals surface area contributed by atoms with E-state index in [1.165, 1.54) is 12.8 Å². The van der Waals surface area contributed by atoms with Crippen LogP contribution >= 0.6 is 0 Å². The van der Waals surface area contributed by atoms with Crippen molar-refractivity contribution in [1.82, 2.24) is 4.90 Å². The molecule has 1 saturated heterocycles. The number of nitrogens with zero attached hydrogens (tertiary/aromatic N) is 2. The molecule has 0 radical (unpaired) electrons. The minimum Gasteiger partial charge on any atom is -0.325 e. The van der Waals surface area contributed by atoms with Gasteiger partial charge >= 0.3 is 0 Å². The van der Waals surface area contributed by atoms with Crippen molar-refractivity contribution >= 4 is 11.6 Å². The zero-order chi connectivity index (χ0) is 13.7. The number of nitrogens with one attached hydrogen (secondary N) is 1. The summed E-state index contributed by atoms with van der Waals surface area (Å²) in [5.41, 5.74) is 1.25. The maximum Gasteiger partial charge on any atom is 0.238 e. The quantitative estimate of drug-likeness (QED) is 0.904. The molecule has 1 fully saturated rings. The van der Waals surface area contributed by atoms with Crippen molar-refractivity contribution in [2.45, 2.75) is 32.2 Å². The fourth-order valence-electron chi connectivity index (χ4n) is 2.44. The van der Waals surface area contributed by atoms with Crippen molar-refractivity contribution in [3.05, 3.63) is 29.8 Å². The number of rotatable bonds is 3. The Morgan fingerprint density at radius 3 is 3.11 bits per heavy atom. The molecule has 0 spiro atoms. The van der Waals surface area contributed by atoms with Crippen molar-refractivity contribution in [2.75, 3.05) is 18.4 Å². The second kappa shape index (κ2) is 6.35. The SMILES string of the molecule is CC1CCCCN1CC(=O)Nc1cccc(C#N)c1. The summed E-state index contributed by atoms with van der Waals surface area (Å²) < 4.78 is 0. The van der Waals surface area contributed by atoms with E-state index in [0.717, 1.165) is 13.0 Å². The molecule has 1 amide bonds. The van der Waals surface area contributed by atoms with E-state index in [1.54, 1.807) is 24.3 Å². The van der Waals surface area contributed by atoms with Gasteiger partial charge in [-0.2, -0.15) is 5.26 Å². The number of likely N-dealkylation sites (tertiary alicyclic amines) is 1. The zero-order valence-electron chi connectivity index (χ0n) is 11.2. The van der Waals surface area contributed by atoms with Crippen LogP contribution < -0.4 is 5.32 Å². The van der Waals surface area contributed by atoms with Gasteiger partial charge < -0.3 is 5.32 Å². The lowest BCUT2D eigenvalue weighted by molar-refractivity contribution is -0.118. The number of piperidine rings is 1. The first kappa shape index (κ1) is 13.6. The third kappa shape index (κ3) is 3.80. The fraction of sp³-hybridized carbons (Fsp3) is 0.467. The van der Waals surface area contributed by atoms with Gasteiger partial charge in [-0.25, -0.2) is 0 Å². The van der Waals surface area contributed by atoms with Gasteiger partial charge in [0.25, 0.3) is 0 Å². The molecule has 1 aliphatic heterocycles. The van der Waals surface area contributed by atoms with Crippen LogP contribution in [0.4, 0.5) is 5.69 Å². The van der Waals surface area contributed by atoms with Gasteiger partial charge in [0.05, 0.1) is 18.2 Å². The number of hydrogen-bond donors (Lipinski definition) is 1. The Kier molecular flexibility index (Phi) is 4.53. The molecular formula is C15H19N3O. The van der Waals surface area contributed by atoms with Crippen molar-refractivity contribution in [3.8, 4) is 6.07 Å². The summed E-state index contributed by atoms with van der Waals surface area (Å²) in [4.78, 5) is 14.2. The lowest BCUT2D eigenvalue weighted by Crippen LogP contribution is -2.42. The molecule has 0 saturated carbocycles. The Balaban J connectivity index is 1.91. The molecule has 1 aliphatic rings. The highest BCUT2D eigenvalue weighted by Gasteiger charge is 2.20. The molecule has 0 aliphatic carbocycles. The molecule has 100 valence electrons. The summed E-state index contributed by atoms with van der Waals surface area (Å²) in [6.07, 6.45) is 3.59. The normalized spacial score (nSPS) is 19.7. The summed E-state index contributed by atoms with van der Waals surface area (Å²) in [5.74, 6) is -0.0103. The fourth-order valence-corrected chi connectivity index (χ4v) is 2.44. The summed E-state index contributed by atoms with van der Waals surface area (Å²) in [7, 11) is 0. The molecule has 4 heteroatoms. The van der Waals surface area contributed by atoms with Crippen molar-refractivity contribution in [2.24, 2.45) is 0 Å². The molecule has 1 N–H and O–H groups in total. The van der Waals surface area contributed by atoms with Crippen molar-refractivity contribution < 1.29 is 4.79 Å². The van der Waals surface area contributed by atoms with E-state index in [-0.39, 0.29) is 5.91 Å². The molecular weight excluding hydrogens is 238 g/mol. The van der Waals surface area contributed by atoms with E-state index in [2.05, 4.69) is 23.2 Å². The Labute approximate surface area is 114 Å². The predicted molar refractivity (Wildman–Crippen MR) is 74.7 cm³/mol. The lowest BCUT2D eigenvalue weighted by Gasteiger charge is -2.32. The Morgan fingerprint density at radius 1 is 1.53 bits per heavy atom. The first-order valence-corrected chi connectivity index (χ1v) is 6.73. The number of anilines is 1. The van der Waals surface area contributed by atoms with Crippen LogP contribution in [0.1, 0.15) is 31.7 Å². The van der Waals surface area contributed by atoms with E-state index in [4.69, 9.17) is 5.26 Å². The third-order valence-electron chi connectivity index (χ3n) is 3.56. The Bertz CT molecular complexity index is 492. The van der Waals surface area contributed by atoms with E-state index in [9.17, 15) is 4.79 Å². The largest absolute Gasteiger partial charge is 0.325 e. The molecule has 0 aromatic heterocycles. The highest BCUT2D eigenvalue weighted by atomic mass is 16.2. The van der Waals surface area contributed by atoms with Crippen LogP contribution in [0.3, 0.4) is 0 Å². The van der Waals surface area contributed by atoms with Gasteiger partial charge in [0.1, 0.15) is 0 Å². The second-order valence-electron chi connectivity index (χ2n) is 5.06. The van der Waals surface area contributed by atoms with E-state index < -0.39 is 0 Å². The summed E-state index contributed by atoms with van der Waals surface area (Å²) in [6.45, 7) is 3.59. The van der Waals surface area contributed by atoms with Gasteiger partial charge in [0, 0.05) is 11.7 Å². The van der Waals surface area contributed by atoms with Crippen LogP contribution in [0.5, 0.6) is 0 Å². The highest BCUT2D eigenvalue weighted by Crippen LogP contribution is 2.16. The van der Waals surface area contributed by atoms with Crippen LogP contribution in [-0.4, -0.2) is 29.9 Å². The van der Waals surface area contributed by atoms with Crippen LogP contribution in [-0.2, 0) is 4.79 Å². The second-order valence-corrected chi connectivity index (χ2v) is 5.06. The van der Waals surface area contributed by atoms with Crippen molar-refractivity contribution in [1.29, 1.82) is 5.26 Å². The predicted octanol–water partition coefficient (Wildman–Crippen LogP) is 2.37. The van der Waals surface area contributed by atoms with Gasteiger partial charge in [0.15, 0.2) is 0 Å². The average Bonchev–Trinajstić information content (AvgIpc) is 2.41. The molecule has 4 nitrogen and oxygen atoms in total. The van der Waals surface area contributed by atoms with Crippen LogP contribution in [0, 0.1) is 11.3 Å². The van der Waals surface area contributed by atoms with E-state index in [1.807, 2.05) is 0 Å². The molecule has 1 aromatic rings. The number of nitriles is 1. The van der Waals surface area contributed by atoms with Gasteiger partial charge in [-0.15, -0.1) is 0 Å². The lowest BCUT2D eigenvalue weighted by atomic mass is 10.0. The zero-order valence-corrected chi connectivity index (χ0v) is 11.2. The van der Waals surface area contributed by atoms with Gasteiger partial charge in [-0.05, 0) is 44.5 Å². The first-order chi connectivity index (χ1) is 9.19. The molecule has 0 bridgehead atoms. The Morgan fingerprint density at radius 2 is 2.37 bits per heavy atom. The summed E-state index contributed by atoms with van der Waals surface area (Å²) in [6, 6.07) is 9.54. The summed E-state index contributed by atoms with van der Waals surface area (Å²) in [5, 5.41) is 11.7. The van der Waals surface area contributed by atoms with Crippen LogP contribution in [0.25, 0.3) is 0 Å². The smallest absolute Gasteiger partial charge is 0.238 e. The van der Waals surface area contributed by atoms with E-state index in [0.29, 0.717) is 23.8 Å². The molecule has 2 rings (SSSR count). The first-order valence-electron chi connectivity index (χ1n) is 6.73. The highest BCUT2D eigenvalue weighted by molar-refractivity contribution is 5.92. The maximum absolute atomic E-state index is 12.0. The molecule has 1 aromatic carbocycles. The summed E-state index contributed by atoms with van der Waals surface area (Å²) >= 11 is 0. The van der Waals surface area contributed by atoms with Gasteiger partial charge in [0.2, 0.25) is 5.91 Å². The maximum atomic E-state index is 12.0. The number of hydrogen-bond acceptors (Lipinski definition) is 3. The Hall–Kier alpha value is -1.86. The number of amides is 1. The third-order valence-corrected chi connectivity index (χ3v) is 3.56. The minimum atomic E-state index is -0.0103. The standard InChI is InChI=1S/C15H19N3O/c1-12-5-2-3-8-18(12)11-15(19)17-14-7-4-6-13(9-14)10-16/h4,6-7,9,12H,2-3,5,8,11H2,1H3,(H,17,19). The topological polar surface area (TPSA) is 56.1 Å². The number of carbonyl (C=O) groups is 1.